The average molecular weight is 600 g/mol. The van der Waals surface area contributed by atoms with E-state index >= 15 is 0 Å². The molecule has 0 saturated carbocycles. The number of aliphatic hydroxyl groups excluding tert-OH is 2. The maximum absolute atomic E-state index is 13.1. The molecule has 0 amide bonds. The van der Waals surface area contributed by atoms with Crippen LogP contribution >= 0.6 is 23.5 Å². The van der Waals surface area contributed by atoms with Crippen LogP contribution in [0.5, 0.6) is 0 Å². The Kier molecular flexibility index (Phi) is 8.27. The number of aromatic amines is 1. The van der Waals surface area contributed by atoms with Gasteiger partial charge in [-0.3, -0.25) is 9.32 Å². The predicted octanol–water partition coefficient (Wildman–Crippen LogP) is 0.755. The summed E-state index contributed by atoms with van der Waals surface area (Å²) in [6, 6.07) is 2.12. The van der Waals surface area contributed by atoms with Gasteiger partial charge in [0.15, 0.2) is 0 Å². The Balaban J connectivity index is 1.79. The Hall–Kier alpha value is -1.56. The van der Waals surface area contributed by atoms with E-state index in [1.54, 1.807) is 0 Å². The van der Waals surface area contributed by atoms with Crippen LogP contribution in [0.3, 0.4) is 0 Å². The van der Waals surface area contributed by atoms with Gasteiger partial charge in [-0.05, 0) is 24.6 Å². The van der Waals surface area contributed by atoms with E-state index < -0.39 is 77.6 Å². The van der Waals surface area contributed by atoms with Gasteiger partial charge in [0.05, 0.1) is 6.61 Å². The quantitative estimate of drug-likeness (QED) is 0.206. The zero-order valence-corrected chi connectivity index (χ0v) is 20.7. The summed E-state index contributed by atoms with van der Waals surface area (Å²) >= 11 is 0. The molecule has 0 aliphatic carbocycles. The lowest BCUT2D eigenvalue weighted by molar-refractivity contribution is -0.141. The molecule has 1 aliphatic heterocycles. The molecule has 7 N–H and O–H groups in total. The normalized spacial score (nSPS) is 26.2. The largest absolute Gasteiger partial charge is 0.490 e. The number of phosphoric ester groups is 1. The van der Waals surface area contributed by atoms with Crippen LogP contribution in [0.15, 0.2) is 16.9 Å². The van der Waals surface area contributed by atoms with Crippen molar-refractivity contribution in [3.63, 3.8) is 0 Å². The highest BCUT2D eigenvalue weighted by Gasteiger charge is 2.47. The zero-order chi connectivity index (χ0) is 28.1. The number of fused-ring (bicyclic) bond motifs is 1. The van der Waals surface area contributed by atoms with Crippen LogP contribution in [0.2, 0.25) is 0 Å². The van der Waals surface area contributed by atoms with E-state index in [-0.39, 0.29) is 16.5 Å². The number of aryl methyl sites for hydroxylation is 1. The number of aromatic nitrogens is 2. The summed E-state index contributed by atoms with van der Waals surface area (Å²) in [6.45, 7) is 0.00301. The predicted molar refractivity (Wildman–Crippen MR) is 112 cm³/mol. The number of aliphatic hydroxyl groups is 2. The van der Waals surface area contributed by atoms with Crippen molar-refractivity contribution in [3.8, 4) is 0 Å². The average Bonchev–Trinajstić information content (AvgIpc) is 2.96. The highest BCUT2D eigenvalue weighted by Crippen LogP contribution is 2.66. The fraction of sp³-hybridized carbons (Fsp3) is 0.467. The lowest BCUT2D eigenvalue weighted by atomic mass is 10.0. The molecule has 0 bridgehead atoms. The van der Waals surface area contributed by atoms with Crippen LogP contribution < -0.4 is 5.56 Å². The number of ether oxygens (including phenoxy) is 1. The Morgan fingerprint density at radius 1 is 1.05 bits per heavy atom. The third-order valence-electron chi connectivity index (χ3n) is 4.80. The van der Waals surface area contributed by atoms with Gasteiger partial charge in [0.25, 0.3) is 5.56 Å². The molecule has 3 rings (SSSR count). The van der Waals surface area contributed by atoms with Gasteiger partial charge in [-0.25, -0.2) is 18.7 Å². The van der Waals surface area contributed by atoms with E-state index in [1.807, 2.05) is 0 Å². The van der Waals surface area contributed by atoms with Gasteiger partial charge in [0, 0.05) is 10.9 Å². The molecule has 1 saturated heterocycles. The van der Waals surface area contributed by atoms with E-state index in [2.05, 4.69) is 23.1 Å². The standard InChI is InChI=1S/C15H18F3N2O14P3/c1-5-2-6-3-7(14(23)20-13(6)19-12(5)15(16,17)18)11-10(22)9(21)8(32-11)4-31-36(27,28)34-37(29,30)33-35(24,25)26/h2-3,8-11,21-22H,4H2,1H3,(H,27,28)(H,29,30)(H,19,20,23)(H2,24,25,26)/t8-,9+,10?,11+/m1/s1. The number of nitrogens with zero attached hydrogens (tertiary/aromatic N) is 1. The second kappa shape index (κ2) is 10.2. The third kappa shape index (κ3) is 7.30. The first-order chi connectivity index (χ1) is 16.7. The molecule has 16 nitrogen and oxygen atoms in total. The van der Waals surface area contributed by atoms with Gasteiger partial charge >= 0.3 is 29.6 Å². The van der Waals surface area contributed by atoms with Gasteiger partial charge in [-0.15, -0.1) is 0 Å². The summed E-state index contributed by atoms with van der Waals surface area (Å²) in [5.41, 5.74) is -3.34. The molecular formula is C15H18F3N2O14P3. The van der Waals surface area contributed by atoms with Crippen molar-refractivity contribution in [1.82, 2.24) is 9.97 Å². The molecule has 0 aromatic carbocycles. The van der Waals surface area contributed by atoms with E-state index in [9.17, 15) is 46.8 Å². The van der Waals surface area contributed by atoms with Crippen molar-refractivity contribution in [2.24, 2.45) is 0 Å². The summed E-state index contributed by atoms with van der Waals surface area (Å²) in [5.74, 6) is 0. The number of phosphoric acid groups is 3. The number of hydrogen-bond acceptors (Lipinski definition) is 11. The van der Waals surface area contributed by atoms with Gasteiger partial charge in [-0.1, -0.05) is 0 Å². The van der Waals surface area contributed by atoms with Gasteiger partial charge in [0.1, 0.15) is 35.8 Å². The minimum Gasteiger partial charge on any atom is -0.387 e. The maximum atomic E-state index is 13.1. The number of nitrogens with one attached hydrogen (secondary N) is 1. The number of pyridine rings is 2. The van der Waals surface area contributed by atoms with Crippen molar-refractivity contribution in [2.45, 2.75) is 37.5 Å². The Morgan fingerprint density at radius 3 is 2.24 bits per heavy atom. The van der Waals surface area contributed by atoms with Crippen molar-refractivity contribution >= 4 is 34.5 Å². The summed E-state index contributed by atoms with van der Waals surface area (Å²) < 4.78 is 89.9. The van der Waals surface area contributed by atoms with E-state index in [0.717, 1.165) is 19.1 Å². The van der Waals surface area contributed by atoms with Crippen LogP contribution in [-0.2, 0) is 37.8 Å². The summed E-state index contributed by atoms with van der Waals surface area (Å²) in [4.78, 5) is 53.7. The Morgan fingerprint density at radius 2 is 1.68 bits per heavy atom. The van der Waals surface area contributed by atoms with Crippen LogP contribution in [0.1, 0.15) is 22.9 Å². The van der Waals surface area contributed by atoms with Gasteiger partial charge in [0.2, 0.25) is 0 Å². The lowest BCUT2D eigenvalue weighted by Crippen LogP contribution is -2.33. The van der Waals surface area contributed by atoms with Crippen LogP contribution in [-0.4, -0.2) is 64.7 Å². The van der Waals surface area contributed by atoms with Crippen LogP contribution in [0.4, 0.5) is 13.2 Å². The Labute approximate surface area is 203 Å². The first kappa shape index (κ1) is 30.0. The molecule has 0 spiro atoms. The summed E-state index contributed by atoms with van der Waals surface area (Å²) in [6.07, 6.45) is -11.8. The van der Waals surface area contributed by atoms with Gasteiger partial charge in [-0.2, -0.15) is 21.8 Å². The summed E-state index contributed by atoms with van der Waals surface area (Å²) in [7, 11) is -17.0. The van der Waals surface area contributed by atoms with Crippen LogP contribution in [0, 0.1) is 6.92 Å². The van der Waals surface area contributed by atoms with Crippen molar-refractivity contribution in [3.05, 3.63) is 39.3 Å². The molecule has 37 heavy (non-hydrogen) atoms. The number of rotatable bonds is 8. The molecule has 6 atom stereocenters. The monoisotopic (exact) mass is 600 g/mol. The Bertz CT molecular complexity index is 1390. The SMILES string of the molecule is Cc1cc2cc([C@@H]3O[C@H](COP(=O)(O)OP(=O)(O)OP(=O)(O)O)[C@H](O)C3O)c(=O)[nH]c2nc1C(F)(F)F. The highest BCUT2D eigenvalue weighted by atomic mass is 31.3. The summed E-state index contributed by atoms with van der Waals surface area (Å²) in [5, 5.41) is 20.5. The molecule has 1 aliphatic rings. The first-order valence-electron chi connectivity index (χ1n) is 9.61. The molecule has 2 aromatic heterocycles. The number of alkyl halides is 3. The smallest absolute Gasteiger partial charge is 0.387 e. The van der Waals surface area contributed by atoms with Crippen molar-refractivity contribution < 1.29 is 74.5 Å². The zero-order valence-electron chi connectivity index (χ0n) is 18.0. The molecule has 3 unspecified atom stereocenters. The lowest BCUT2D eigenvalue weighted by Gasteiger charge is -2.19. The molecule has 2 aromatic rings. The van der Waals surface area contributed by atoms with Gasteiger partial charge < -0.3 is 39.5 Å². The molecule has 208 valence electrons. The topological polar surface area (TPSA) is 255 Å². The second-order valence-electron chi connectivity index (χ2n) is 7.61. The fourth-order valence-corrected chi connectivity index (χ4v) is 6.40. The third-order valence-corrected chi connectivity index (χ3v) is 8.61. The van der Waals surface area contributed by atoms with E-state index in [0.29, 0.717) is 0 Å². The number of hydrogen-bond donors (Lipinski definition) is 7. The molecule has 1 fully saturated rings. The van der Waals surface area contributed by atoms with E-state index in [4.69, 9.17) is 19.4 Å². The fourth-order valence-electron chi connectivity index (χ4n) is 3.37. The molecule has 22 heteroatoms. The molecular weight excluding hydrogens is 582 g/mol. The van der Waals surface area contributed by atoms with Crippen molar-refractivity contribution in [1.29, 1.82) is 0 Å². The number of halogens is 3. The molecule has 0 radical (unpaired) electrons. The minimum atomic E-state index is -5.81. The highest BCUT2D eigenvalue weighted by molar-refractivity contribution is 7.66. The van der Waals surface area contributed by atoms with Crippen molar-refractivity contribution in [2.75, 3.05) is 6.61 Å². The second-order valence-corrected chi connectivity index (χ2v) is 12.0. The van der Waals surface area contributed by atoms with E-state index in [1.165, 1.54) is 0 Å². The minimum absolute atomic E-state index is 0.0158. The molecule has 3 heterocycles. The maximum Gasteiger partial charge on any atom is 0.490 e. The van der Waals surface area contributed by atoms with Crippen LogP contribution in [0.25, 0.3) is 11.0 Å². The first-order valence-corrected chi connectivity index (χ1v) is 14.1. The number of H-pyrrole nitrogens is 1.